The molecule has 13 heteroatoms. The van der Waals surface area contributed by atoms with E-state index in [-0.39, 0.29) is 28.5 Å². The molecule has 5 rings (SSSR count). The second kappa shape index (κ2) is 14.7. The molecule has 44 heavy (non-hydrogen) atoms. The zero-order valence-electron chi connectivity index (χ0n) is 24.1. The van der Waals surface area contributed by atoms with E-state index in [2.05, 4.69) is 15.5 Å². The molecular weight excluding hydrogens is 570 g/mol. The van der Waals surface area contributed by atoms with Gasteiger partial charge in [-0.15, -0.1) is 10.2 Å². The van der Waals surface area contributed by atoms with Crippen molar-refractivity contribution in [2.75, 3.05) is 44.7 Å². The van der Waals surface area contributed by atoms with Crippen LogP contribution in [0.1, 0.15) is 71.2 Å². The maximum atomic E-state index is 13.0. The van der Waals surface area contributed by atoms with Gasteiger partial charge in [-0.1, -0.05) is 37.1 Å². The summed E-state index contributed by atoms with van der Waals surface area (Å²) in [6.45, 7) is 2.79. The Labute approximate surface area is 253 Å². The highest BCUT2D eigenvalue weighted by atomic mass is 16.5. The molecule has 230 valence electrons. The predicted octanol–water partition coefficient (Wildman–Crippen LogP) is 2.84. The van der Waals surface area contributed by atoms with E-state index in [4.69, 9.17) is 14.9 Å². The number of carbonyl (C=O) groups is 5. The molecule has 13 nitrogen and oxygen atoms in total. The lowest BCUT2D eigenvalue weighted by Crippen LogP contribution is -2.49. The molecule has 1 saturated carbocycles. The zero-order valence-corrected chi connectivity index (χ0v) is 24.1. The van der Waals surface area contributed by atoms with Crippen molar-refractivity contribution >= 4 is 35.5 Å². The number of esters is 1. The summed E-state index contributed by atoms with van der Waals surface area (Å²) in [5.74, 6) is -1.95. The fourth-order valence-corrected chi connectivity index (χ4v) is 4.62. The van der Waals surface area contributed by atoms with Gasteiger partial charge in [-0.2, -0.15) is 0 Å². The van der Waals surface area contributed by atoms with Crippen LogP contribution < -0.4 is 10.2 Å². The molecule has 1 aromatic heterocycles. The van der Waals surface area contributed by atoms with E-state index in [0.29, 0.717) is 49.8 Å². The van der Waals surface area contributed by atoms with Crippen molar-refractivity contribution in [1.82, 2.24) is 20.4 Å². The van der Waals surface area contributed by atoms with Crippen molar-refractivity contribution in [3.8, 4) is 0 Å². The fraction of sp³-hybridized carbons (Fsp3) is 0.323. The number of ether oxygens (including phenoxy) is 1. The number of aromatic nitrogens is 2. The molecule has 2 amide bonds. The van der Waals surface area contributed by atoms with Crippen LogP contribution in [0.3, 0.4) is 0 Å². The summed E-state index contributed by atoms with van der Waals surface area (Å²) in [4.78, 5) is 61.8. The van der Waals surface area contributed by atoms with E-state index in [9.17, 15) is 24.0 Å². The van der Waals surface area contributed by atoms with Crippen LogP contribution in [0.5, 0.6) is 0 Å². The van der Waals surface area contributed by atoms with E-state index < -0.39 is 17.9 Å². The Balaban J connectivity index is 0.000000309. The van der Waals surface area contributed by atoms with Crippen molar-refractivity contribution in [3.63, 3.8) is 0 Å². The molecule has 0 bridgehead atoms. The second-order valence-electron chi connectivity index (χ2n) is 10.2. The molecule has 1 aliphatic carbocycles. The van der Waals surface area contributed by atoms with Gasteiger partial charge in [-0.25, -0.2) is 14.4 Å². The molecule has 1 aliphatic heterocycles. The number of hydrogen-bond donors (Lipinski definition) is 3. The number of nitrogens with one attached hydrogen (secondary N) is 1. The van der Waals surface area contributed by atoms with Gasteiger partial charge < -0.3 is 30.1 Å². The van der Waals surface area contributed by atoms with Gasteiger partial charge in [0.1, 0.15) is 0 Å². The number of carbonyl (C=O) groups excluding carboxylic acids is 3. The summed E-state index contributed by atoms with van der Waals surface area (Å²) in [6, 6.07) is 15.6. The maximum absolute atomic E-state index is 13.0. The molecule has 2 fully saturated rings. The van der Waals surface area contributed by atoms with Crippen LogP contribution in [0.15, 0.2) is 60.7 Å². The average molecular weight is 604 g/mol. The normalized spacial score (nSPS) is 14.1. The van der Waals surface area contributed by atoms with Crippen molar-refractivity contribution in [2.45, 2.75) is 19.3 Å². The molecule has 0 atom stereocenters. The first-order valence-electron chi connectivity index (χ1n) is 14.1. The molecule has 0 spiro atoms. The summed E-state index contributed by atoms with van der Waals surface area (Å²) in [5, 5.41) is 28.3. The van der Waals surface area contributed by atoms with Crippen LogP contribution >= 0.6 is 0 Å². The van der Waals surface area contributed by atoms with Crippen LogP contribution in [0, 0.1) is 5.92 Å². The quantitative estimate of drug-likeness (QED) is 0.306. The van der Waals surface area contributed by atoms with Gasteiger partial charge in [0, 0.05) is 32.7 Å². The molecule has 3 N–H and O–H groups in total. The maximum Gasteiger partial charge on any atom is 0.338 e. The first-order valence-corrected chi connectivity index (χ1v) is 14.1. The molecular formula is C31H33N5O8. The van der Waals surface area contributed by atoms with Crippen LogP contribution in [0.25, 0.3) is 0 Å². The number of benzene rings is 2. The molecule has 0 unspecified atom stereocenters. The van der Waals surface area contributed by atoms with E-state index in [0.717, 1.165) is 12.3 Å². The predicted molar refractivity (Wildman–Crippen MR) is 158 cm³/mol. The highest BCUT2D eigenvalue weighted by Gasteiger charge is 2.26. The van der Waals surface area contributed by atoms with E-state index >= 15 is 0 Å². The minimum atomic E-state index is -1.23. The average Bonchev–Trinajstić information content (AvgIpc) is 3.89. The van der Waals surface area contributed by atoms with Crippen LogP contribution in [-0.2, 0) is 4.74 Å². The Bertz CT molecular complexity index is 1480. The summed E-state index contributed by atoms with van der Waals surface area (Å²) in [6.07, 6.45) is 3.55. The standard InChI is InChI=1S/C23H27N5O4.C8H6O4/c1-32-23(31)18-5-3-2-4-17(18)22(30)28-14-12-27(13-15-28)20-9-8-19(25-26-20)21(29)24-11-10-16-6-7-16;9-7(10)5-3-1-2-4-6(5)8(11)12/h2-5,8-9,16H,6-7,10-15H2,1H3,(H,24,29);1-4H,(H,9,10)(H,11,12). The third kappa shape index (κ3) is 8.15. The highest BCUT2D eigenvalue weighted by molar-refractivity contribution is 6.05. The largest absolute Gasteiger partial charge is 0.478 e. The lowest BCUT2D eigenvalue weighted by molar-refractivity contribution is 0.0588. The lowest BCUT2D eigenvalue weighted by atomic mass is 10.1. The van der Waals surface area contributed by atoms with Gasteiger partial charge in [-0.05, 0) is 48.7 Å². The number of aromatic carboxylic acids is 2. The third-order valence-corrected chi connectivity index (χ3v) is 7.26. The minimum Gasteiger partial charge on any atom is -0.478 e. The van der Waals surface area contributed by atoms with Gasteiger partial charge in [0.2, 0.25) is 0 Å². The molecule has 2 aromatic carbocycles. The van der Waals surface area contributed by atoms with Crippen LogP contribution in [-0.4, -0.2) is 94.9 Å². The molecule has 1 saturated heterocycles. The summed E-state index contributed by atoms with van der Waals surface area (Å²) in [7, 11) is 1.30. The smallest absolute Gasteiger partial charge is 0.338 e. The lowest BCUT2D eigenvalue weighted by Gasteiger charge is -2.35. The van der Waals surface area contributed by atoms with E-state index in [1.807, 2.05) is 4.90 Å². The van der Waals surface area contributed by atoms with Gasteiger partial charge in [0.25, 0.3) is 11.8 Å². The van der Waals surface area contributed by atoms with Gasteiger partial charge >= 0.3 is 17.9 Å². The Morgan fingerprint density at radius 1 is 0.795 bits per heavy atom. The monoisotopic (exact) mass is 603 g/mol. The van der Waals surface area contributed by atoms with E-state index in [1.54, 1.807) is 41.3 Å². The SMILES string of the molecule is COC(=O)c1ccccc1C(=O)N1CCN(c2ccc(C(=O)NCCC3CC3)nn2)CC1.O=C(O)c1ccccc1C(=O)O. The summed E-state index contributed by atoms with van der Waals surface area (Å²) in [5.41, 5.74) is 0.525. The third-order valence-electron chi connectivity index (χ3n) is 7.26. The minimum absolute atomic E-state index is 0.190. The number of piperazine rings is 1. The number of carboxylic acid groups (broad SMARTS) is 2. The second-order valence-corrected chi connectivity index (χ2v) is 10.2. The number of carboxylic acids is 2. The molecule has 2 aliphatic rings. The van der Waals surface area contributed by atoms with Crippen molar-refractivity contribution in [3.05, 3.63) is 88.6 Å². The number of hydrogen-bond acceptors (Lipinski definition) is 9. The van der Waals surface area contributed by atoms with E-state index in [1.165, 1.54) is 44.2 Å². The number of rotatable bonds is 9. The van der Waals surface area contributed by atoms with Crippen molar-refractivity contribution in [1.29, 1.82) is 0 Å². The Morgan fingerprint density at radius 2 is 1.36 bits per heavy atom. The molecule has 3 aromatic rings. The van der Waals surface area contributed by atoms with Crippen molar-refractivity contribution < 1.29 is 38.9 Å². The number of amides is 2. The van der Waals surface area contributed by atoms with Gasteiger partial charge in [-0.3, -0.25) is 9.59 Å². The van der Waals surface area contributed by atoms with Gasteiger partial charge in [0.05, 0.1) is 29.4 Å². The number of methoxy groups -OCH3 is 1. The molecule has 2 heterocycles. The van der Waals surface area contributed by atoms with Crippen molar-refractivity contribution in [2.24, 2.45) is 5.92 Å². The summed E-state index contributed by atoms with van der Waals surface area (Å²) < 4.78 is 4.79. The fourth-order valence-electron chi connectivity index (χ4n) is 4.62. The molecule has 0 radical (unpaired) electrons. The zero-order chi connectivity index (χ0) is 31.6. The number of anilines is 1. The number of nitrogens with zero attached hydrogens (tertiary/aromatic N) is 4. The Hall–Kier alpha value is -5.33. The summed E-state index contributed by atoms with van der Waals surface area (Å²) >= 11 is 0. The Morgan fingerprint density at radius 3 is 1.86 bits per heavy atom. The Kier molecular flexibility index (Phi) is 10.6. The first-order chi connectivity index (χ1) is 21.2. The van der Waals surface area contributed by atoms with Crippen LogP contribution in [0.4, 0.5) is 5.82 Å². The first kappa shape index (κ1) is 31.6. The van der Waals surface area contributed by atoms with Crippen LogP contribution in [0.2, 0.25) is 0 Å². The topological polar surface area (TPSA) is 179 Å². The van der Waals surface area contributed by atoms with Gasteiger partial charge in [0.15, 0.2) is 11.5 Å². The highest BCUT2D eigenvalue weighted by Crippen LogP contribution is 2.31.